The Morgan fingerprint density at radius 3 is 2.56 bits per heavy atom. The zero-order chi connectivity index (χ0) is 23.7. The van der Waals surface area contributed by atoms with Crippen molar-refractivity contribution in [1.82, 2.24) is 9.62 Å². The van der Waals surface area contributed by atoms with E-state index in [2.05, 4.69) is 19.9 Å². The Morgan fingerprint density at radius 2 is 1.97 bits per heavy atom. The standard InChI is InChI=1S/C23H31N3O4S2/c1-5-6-13-30-23(27)25-32(28,29)22-21(15-20(31-22)14-17(2)3)19-9-7-18(8-10-19)16-26(4)12-11-24/h7-10,15,17H,5-6,12-14,16H2,1-4H3,(H,25,27). The first-order valence-corrected chi connectivity index (χ1v) is 12.9. The molecule has 0 aliphatic rings. The lowest BCUT2D eigenvalue weighted by Gasteiger charge is -2.13. The van der Waals surface area contributed by atoms with Crippen LogP contribution in [0.15, 0.2) is 34.5 Å². The minimum Gasteiger partial charge on any atom is -0.449 e. The largest absolute Gasteiger partial charge is 0.449 e. The monoisotopic (exact) mass is 477 g/mol. The van der Waals surface area contributed by atoms with Gasteiger partial charge >= 0.3 is 6.09 Å². The highest BCUT2D eigenvalue weighted by Gasteiger charge is 2.26. The van der Waals surface area contributed by atoms with Crippen molar-refractivity contribution in [1.29, 1.82) is 5.26 Å². The number of hydrogen-bond acceptors (Lipinski definition) is 7. The minimum atomic E-state index is -4.08. The Labute approximate surface area is 195 Å². The Balaban J connectivity index is 2.33. The van der Waals surface area contributed by atoms with Crippen LogP contribution in [0.25, 0.3) is 11.1 Å². The van der Waals surface area contributed by atoms with E-state index in [9.17, 15) is 13.2 Å². The molecule has 0 fully saturated rings. The number of benzene rings is 1. The number of nitrogens with one attached hydrogen (secondary N) is 1. The lowest BCUT2D eigenvalue weighted by molar-refractivity contribution is 0.151. The Kier molecular flexibility index (Phi) is 9.69. The van der Waals surface area contributed by atoms with Crippen LogP contribution in [-0.4, -0.2) is 39.6 Å². The molecule has 0 unspecified atom stereocenters. The van der Waals surface area contributed by atoms with Crippen molar-refractivity contribution in [3.63, 3.8) is 0 Å². The van der Waals surface area contributed by atoms with E-state index in [0.717, 1.165) is 28.8 Å². The number of ether oxygens (including phenoxy) is 1. The number of hydrogen-bond donors (Lipinski definition) is 1. The molecule has 1 heterocycles. The molecule has 1 N–H and O–H groups in total. The van der Waals surface area contributed by atoms with E-state index in [-0.39, 0.29) is 10.8 Å². The normalized spacial score (nSPS) is 11.5. The van der Waals surface area contributed by atoms with Gasteiger partial charge in [0.2, 0.25) is 0 Å². The molecule has 0 saturated carbocycles. The minimum absolute atomic E-state index is 0.106. The molecule has 2 rings (SSSR count). The summed E-state index contributed by atoms with van der Waals surface area (Å²) in [4.78, 5) is 14.8. The number of nitriles is 1. The molecule has 0 saturated heterocycles. The van der Waals surface area contributed by atoms with Gasteiger partial charge in [0, 0.05) is 17.0 Å². The summed E-state index contributed by atoms with van der Waals surface area (Å²) in [5.74, 6) is 0.363. The van der Waals surface area contributed by atoms with Crippen LogP contribution >= 0.6 is 11.3 Å². The molecular weight excluding hydrogens is 446 g/mol. The van der Waals surface area contributed by atoms with Gasteiger partial charge in [-0.05, 0) is 43.0 Å². The van der Waals surface area contributed by atoms with Crippen molar-refractivity contribution in [2.75, 3.05) is 20.2 Å². The fraction of sp³-hybridized carbons (Fsp3) is 0.478. The number of carbonyl (C=O) groups excluding carboxylic acids is 1. The lowest BCUT2D eigenvalue weighted by Crippen LogP contribution is -2.31. The second kappa shape index (κ2) is 12.0. The van der Waals surface area contributed by atoms with Gasteiger partial charge in [0.15, 0.2) is 0 Å². The maximum atomic E-state index is 13.0. The quantitative estimate of drug-likeness (QED) is 0.369. The fourth-order valence-corrected chi connectivity index (χ4v) is 5.94. The molecule has 7 nitrogen and oxygen atoms in total. The topological polar surface area (TPSA) is 99.5 Å². The van der Waals surface area contributed by atoms with Crippen LogP contribution in [0.2, 0.25) is 0 Å². The molecule has 0 radical (unpaired) electrons. The molecule has 174 valence electrons. The number of amides is 1. The summed E-state index contributed by atoms with van der Waals surface area (Å²) in [6.07, 6.45) is 1.30. The van der Waals surface area contributed by atoms with Gasteiger partial charge in [0.25, 0.3) is 10.0 Å². The van der Waals surface area contributed by atoms with Crippen molar-refractivity contribution < 1.29 is 17.9 Å². The molecule has 1 amide bonds. The third-order valence-corrected chi connectivity index (χ3v) is 7.61. The Morgan fingerprint density at radius 1 is 1.28 bits per heavy atom. The molecule has 0 aliphatic heterocycles. The number of unbranched alkanes of at least 4 members (excludes halogenated alkanes) is 1. The highest BCUT2D eigenvalue weighted by atomic mass is 32.2. The van der Waals surface area contributed by atoms with E-state index in [1.165, 1.54) is 11.3 Å². The third-order valence-electron chi connectivity index (χ3n) is 4.61. The van der Waals surface area contributed by atoms with E-state index in [4.69, 9.17) is 10.00 Å². The van der Waals surface area contributed by atoms with E-state index >= 15 is 0 Å². The van der Waals surface area contributed by atoms with Crippen molar-refractivity contribution in [2.24, 2.45) is 5.92 Å². The summed E-state index contributed by atoms with van der Waals surface area (Å²) in [5.41, 5.74) is 2.34. The first-order chi connectivity index (χ1) is 15.2. The Bertz CT molecular complexity index is 1040. The third kappa shape index (κ3) is 7.62. The molecule has 2 aromatic rings. The lowest BCUT2D eigenvalue weighted by atomic mass is 10.0. The zero-order valence-corrected chi connectivity index (χ0v) is 20.7. The summed E-state index contributed by atoms with van der Waals surface area (Å²) >= 11 is 1.18. The highest BCUT2D eigenvalue weighted by molar-refractivity contribution is 7.92. The number of nitrogens with zero attached hydrogens (tertiary/aromatic N) is 2. The van der Waals surface area contributed by atoms with Gasteiger partial charge < -0.3 is 4.74 Å². The number of thiophene rings is 1. The molecular formula is C23H31N3O4S2. The van der Waals surface area contributed by atoms with Gasteiger partial charge in [-0.15, -0.1) is 11.3 Å². The van der Waals surface area contributed by atoms with Crippen LogP contribution in [0.1, 0.15) is 44.1 Å². The van der Waals surface area contributed by atoms with Crippen LogP contribution in [0.4, 0.5) is 4.79 Å². The molecule has 0 bridgehead atoms. The number of carbonyl (C=O) groups is 1. The predicted octanol–water partition coefficient (Wildman–Crippen LogP) is 4.78. The van der Waals surface area contributed by atoms with E-state index in [0.29, 0.717) is 31.0 Å². The molecule has 1 aromatic carbocycles. The van der Waals surface area contributed by atoms with Crippen LogP contribution in [0.5, 0.6) is 0 Å². The summed E-state index contributed by atoms with van der Waals surface area (Å²) in [5, 5.41) is 8.82. The number of rotatable bonds is 11. The molecule has 0 spiro atoms. The molecule has 1 aromatic heterocycles. The van der Waals surface area contributed by atoms with Gasteiger partial charge in [0.1, 0.15) is 4.21 Å². The second-order valence-electron chi connectivity index (χ2n) is 8.13. The van der Waals surface area contributed by atoms with E-state index < -0.39 is 16.1 Å². The first-order valence-electron chi connectivity index (χ1n) is 10.6. The first kappa shape index (κ1) is 25.8. The van der Waals surface area contributed by atoms with Crippen LogP contribution in [0, 0.1) is 17.2 Å². The van der Waals surface area contributed by atoms with Crippen molar-refractivity contribution >= 4 is 27.5 Å². The van der Waals surface area contributed by atoms with Crippen molar-refractivity contribution in [3.05, 3.63) is 40.8 Å². The maximum absolute atomic E-state index is 13.0. The average molecular weight is 478 g/mol. The summed E-state index contributed by atoms with van der Waals surface area (Å²) in [6, 6.07) is 11.6. The van der Waals surface area contributed by atoms with Crippen LogP contribution < -0.4 is 4.72 Å². The fourth-order valence-electron chi connectivity index (χ4n) is 3.10. The molecule has 32 heavy (non-hydrogen) atoms. The smallest absolute Gasteiger partial charge is 0.421 e. The van der Waals surface area contributed by atoms with Gasteiger partial charge in [-0.1, -0.05) is 51.5 Å². The SMILES string of the molecule is CCCCOC(=O)NS(=O)(=O)c1sc(CC(C)C)cc1-c1ccc(CN(C)CC#N)cc1. The zero-order valence-electron chi connectivity index (χ0n) is 19.1. The molecule has 0 atom stereocenters. The Hall–Kier alpha value is -2.41. The highest BCUT2D eigenvalue weighted by Crippen LogP contribution is 2.36. The molecule has 9 heteroatoms. The van der Waals surface area contributed by atoms with E-state index in [1.807, 2.05) is 53.9 Å². The summed E-state index contributed by atoms with van der Waals surface area (Å²) in [6.45, 7) is 7.22. The van der Waals surface area contributed by atoms with Crippen LogP contribution in [0.3, 0.4) is 0 Å². The average Bonchev–Trinajstić information content (AvgIpc) is 3.12. The van der Waals surface area contributed by atoms with E-state index in [1.54, 1.807) is 0 Å². The van der Waals surface area contributed by atoms with Gasteiger partial charge in [-0.25, -0.2) is 17.9 Å². The van der Waals surface area contributed by atoms with Crippen molar-refractivity contribution in [2.45, 2.75) is 50.8 Å². The maximum Gasteiger partial charge on any atom is 0.421 e. The van der Waals surface area contributed by atoms with Crippen molar-refractivity contribution in [3.8, 4) is 17.2 Å². The van der Waals surface area contributed by atoms with Gasteiger partial charge in [-0.2, -0.15) is 5.26 Å². The number of sulfonamides is 1. The predicted molar refractivity (Wildman–Crippen MR) is 127 cm³/mol. The molecule has 0 aliphatic carbocycles. The summed E-state index contributed by atoms with van der Waals surface area (Å²) < 4.78 is 33.2. The van der Waals surface area contributed by atoms with Gasteiger partial charge in [0.05, 0.1) is 19.2 Å². The summed E-state index contributed by atoms with van der Waals surface area (Å²) in [7, 11) is -2.21. The second-order valence-corrected chi connectivity index (χ2v) is 11.1. The van der Waals surface area contributed by atoms with Crippen LogP contribution in [-0.2, 0) is 27.7 Å². The van der Waals surface area contributed by atoms with Gasteiger partial charge in [-0.3, -0.25) is 4.90 Å².